The molecule has 0 aliphatic carbocycles. The quantitative estimate of drug-likeness (QED) is 0.156. The van der Waals surface area contributed by atoms with Crippen LogP contribution < -0.4 is 104 Å². The lowest BCUT2D eigenvalue weighted by Gasteiger charge is -2.25. The van der Waals surface area contributed by atoms with Gasteiger partial charge in [-0.3, -0.25) is 0 Å². The second-order valence-corrected chi connectivity index (χ2v) is 23.1. The number of benzene rings is 8. The van der Waals surface area contributed by atoms with Crippen LogP contribution in [0, 0.1) is 0 Å². The first-order chi connectivity index (χ1) is 35.7. The zero-order valence-electron chi connectivity index (χ0n) is 47.7. The van der Waals surface area contributed by atoms with Crippen molar-refractivity contribution in [2.75, 3.05) is 0 Å². The van der Waals surface area contributed by atoms with Crippen molar-refractivity contribution in [2.45, 2.75) is 0 Å². The van der Waals surface area contributed by atoms with Crippen LogP contribution in [0.4, 0.5) is 0 Å². The highest BCUT2D eigenvalue weighted by atomic mass is 32.1. The smallest absolute Gasteiger partial charge is 0.164 e. The second-order valence-electron chi connectivity index (χ2n) is 22.1. The van der Waals surface area contributed by atoms with Gasteiger partial charge in [0.1, 0.15) is 149 Å². The van der Waals surface area contributed by atoms with Crippen LogP contribution in [0.5, 0.6) is 0 Å². The van der Waals surface area contributed by atoms with Crippen LogP contribution in [0.3, 0.4) is 0 Å². The Labute approximate surface area is 463 Å². The number of hydrogen-bond donors (Lipinski definition) is 0. The SMILES string of the molecule is Bc1c(B)c(B)c(-n2c3c(B)c(B)c(B)c(B)c3c3c(B)c(B)c(-c4nc(-c5cccc(-c6cccc(-c7ccccc7)c6)c5)nc(-c5c(B)c(B)c6sc7c(B)c(B)c(B)c(B)c7c6c5B)n4)c(B)c32)c(B)c1B. The van der Waals surface area contributed by atoms with Crippen molar-refractivity contribution < 1.29 is 0 Å². The van der Waals surface area contributed by atoms with E-state index in [0.29, 0.717) is 17.5 Å². The number of fused-ring (bicyclic) bond motifs is 6. The fraction of sp³-hybridized carbons (Fsp3) is 0. The molecule has 11 rings (SSSR count). The third kappa shape index (κ3) is 7.56. The molecular formula is C51H51B19N4S. The molecule has 0 fully saturated rings. The summed E-state index contributed by atoms with van der Waals surface area (Å²) in [5.41, 5.74) is 36.4. The molecule has 3 aromatic heterocycles. The zero-order chi connectivity index (χ0) is 53.5. The molecule has 0 aliphatic heterocycles. The molecule has 24 heteroatoms. The predicted octanol–water partition coefficient (Wildman–Crippen LogP) is -19.4. The normalized spacial score (nSPS) is 11.7. The molecule has 338 valence electrons. The molecule has 0 radical (unpaired) electrons. The Bertz CT molecular complexity index is 4340. The fourth-order valence-electron chi connectivity index (χ4n) is 12.9. The maximum Gasteiger partial charge on any atom is 0.164 e. The van der Waals surface area contributed by atoms with Crippen molar-refractivity contribution in [2.24, 2.45) is 0 Å². The Hall–Kier alpha value is -5.98. The third-order valence-corrected chi connectivity index (χ3v) is 20.1. The summed E-state index contributed by atoms with van der Waals surface area (Å²) in [5, 5.41) is 5.34. The molecule has 0 unspecified atom stereocenters. The highest BCUT2D eigenvalue weighted by Crippen LogP contribution is 2.34. The van der Waals surface area contributed by atoms with E-state index in [1.54, 1.807) is 0 Å². The van der Waals surface area contributed by atoms with Crippen molar-refractivity contribution >= 4 is 306 Å². The summed E-state index contributed by atoms with van der Waals surface area (Å²) in [5.74, 6) is 2.06. The lowest BCUT2D eigenvalue weighted by Crippen LogP contribution is -2.56. The summed E-state index contributed by atoms with van der Waals surface area (Å²) < 4.78 is 5.37. The van der Waals surface area contributed by atoms with Crippen molar-refractivity contribution in [3.8, 4) is 62.1 Å². The largest absolute Gasteiger partial charge is 0.312 e. The van der Waals surface area contributed by atoms with Gasteiger partial charge in [0.15, 0.2) is 17.5 Å². The average molecular weight is 957 g/mol. The maximum absolute atomic E-state index is 5.77. The van der Waals surface area contributed by atoms with Crippen molar-refractivity contribution in [1.82, 2.24) is 19.5 Å². The van der Waals surface area contributed by atoms with E-state index in [1.165, 1.54) is 163 Å². The lowest BCUT2D eigenvalue weighted by molar-refractivity contribution is 1.08. The van der Waals surface area contributed by atoms with E-state index in [1.807, 2.05) is 11.3 Å². The molecule has 0 N–H and O–H groups in total. The standard InChI is InChI=1S/C51H51B19N4S/c52-25-21-22-28(55)33(60)38(65)43(70)48(22)75-47(21)42(69)30(57)23(25)50-71-49(18-11-5-10-17(13-18)16-9-4-8-15(12-16)14-6-2-1-3-7-14)72-51(73-50)24-29(56)26(53)19-20-27(54)32(59)35(62)39(66)45(20)74(44(19)31(24)58)46-40(67)36(63)34(61)37(64)41(46)68/h1-13H,52-70H2. The monoisotopic (exact) mass is 961 g/mol. The highest BCUT2D eigenvalue weighted by molar-refractivity contribution is 7.28. The molecule has 3 heterocycles. The first-order valence-corrected chi connectivity index (χ1v) is 27.5. The summed E-state index contributed by atoms with van der Waals surface area (Å²) in [6.07, 6.45) is 0. The summed E-state index contributed by atoms with van der Waals surface area (Å²) in [7, 11) is 43.8. The minimum Gasteiger partial charge on any atom is -0.312 e. The van der Waals surface area contributed by atoms with Crippen molar-refractivity contribution in [3.63, 3.8) is 0 Å². The van der Waals surface area contributed by atoms with Gasteiger partial charge >= 0.3 is 0 Å². The summed E-state index contributed by atoms with van der Waals surface area (Å²) in [4.78, 5) is 17.1. The Morgan fingerprint density at radius 1 is 0.280 bits per heavy atom. The lowest BCUT2D eigenvalue weighted by atomic mass is 9.61. The Kier molecular flexibility index (Phi) is 12.7. The molecule has 0 bridgehead atoms. The van der Waals surface area contributed by atoms with E-state index < -0.39 is 0 Å². The molecule has 0 aliphatic rings. The van der Waals surface area contributed by atoms with E-state index in [2.05, 4.69) is 233 Å². The van der Waals surface area contributed by atoms with Crippen LogP contribution in [0.15, 0.2) is 78.9 Å². The van der Waals surface area contributed by atoms with Crippen LogP contribution in [0.1, 0.15) is 0 Å². The predicted molar refractivity (Wildman–Crippen MR) is 390 cm³/mol. The molecule has 4 nitrogen and oxygen atoms in total. The van der Waals surface area contributed by atoms with Crippen LogP contribution in [0.2, 0.25) is 0 Å². The molecule has 0 saturated heterocycles. The number of nitrogens with zero attached hydrogens (tertiary/aromatic N) is 4. The second kappa shape index (κ2) is 18.6. The zero-order valence-corrected chi connectivity index (χ0v) is 48.5. The van der Waals surface area contributed by atoms with E-state index in [-0.39, 0.29) is 0 Å². The van der Waals surface area contributed by atoms with Crippen LogP contribution in [-0.4, -0.2) is 169 Å². The van der Waals surface area contributed by atoms with E-state index >= 15 is 0 Å². The maximum atomic E-state index is 5.77. The van der Waals surface area contributed by atoms with Crippen LogP contribution in [-0.2, 0) is 0 Å². The van der Waals surface area contributed by atoms with Gasteiger partial charge in [-0.25, -0.2) is 15.0 Å². The van der Waals surface area contributed by atoms with Gasteiger partial charge in [0, 0.05) is 42.8 Å². The molecule has 0 saturated carbocycles. The third-order valence-electron chi connectivity index (χ3n) is 18.7. The van der Waals surface area contributed by atoms with Crippen molar-refractivity contribution in [1.29, 1.82) is 0 Å². The van der Waals surface area contributed by atoms with Gasteiger partial charge in [-0.15, -0.1) is 33.2 Å². The topological polar surface area (TPSA) is 43.6 Å². The van der Waals surface area contributed by atoms with Gasteiger partial charge in [0.05, 0.1) is 0 Å². The molecule has 0 atom stereocenters. The Balaban J connectivity index is 1.26. The molecule has 0 spiro atoms. The molecule has 0 amide bonds. The number of aromatic nitrogens is 4. The number of rotatable bonds is 6. The number of hydrogen-bond acceptors (Lipinski definition) is 4. The van der Waals surface area contributed by atoms with Gasteiger partial charge in [-0.1, -0.05) is 149 Å². The summed E-state index contributed by atoms with van der Waals surface area (Å²) >= 11 is 1.94. The molecule has 11 aromatic rings. The highest BCUT2D eigenvalue weighted by Gasteiger charge is 2.29. The van der Waals surface area contributed by atoms with Gasteiger partial charge < -0.3 is 4.57 Å². The van der Waals surface area contributed by atoms with E-state index in [4.69, 9.17) is 15.0 Å². The van der Waals surface area contributed by atoms with Crippen molar-refractivity contribution in [3.05, 3.63) is 78.9 Å². The Morgan fingerprint density at radius 3 is 1.21 bits per heavy atom. The summed E-state index contributed by atoms with van der Waals surface area (Å²) in [6.45, 7) is 0. The summed E-state index contributed by atoms with van der Waals surface area (Å²) in [6, 6.07) is 28.3. The van der Waals surface area contributed by atoms with Gasteiger partial charge in [0.2, 0.25) is 0 Å². The minimum atomic E-state index is 0.660. The van der Waals surface area contributed by atoms with Crippen LogP contribution >= 0.6 is 11.3 Å². The molecular weight excluding hydrogens is 906 g/mol. The van der Waals surface area contributed by atoms with Gasteiger partial charge in [0.25, 0.3) is 0 Å². The Morgan fingerprint density at radius 2 is 0.640 bits per heavy atom. The average Bonchev–Trinajstić information content (AvgIpc) is 4.05. The number of thiophene rings is 1. The van der Waals surface area contributed by atoms with E-state index in [9.17, 15) is 0 Å². The van der Waals surface area contributed by atoms with E-state index in [0.717, 1.165) is 27.8 Å². The van der Waals surface area contributed by atoms with Crippen LogP contribution in [0.25, 0.3) is 104 Å². The molecule has 8 aromatic carbocycles. The first-order valence-electron chi connectivity index (χ1n) is 26.7. The van der Waals surface area contributed by atoms with Gasteiger partial charge in [-0.05, 0) is 55.9 Å². The molecule has 75 heavy (non-hydrogen) atoms. The van der Waals surface area contributed by atoms with Gasteiger partial charge in [-0.2, -0.15) is 0 Å². The fourth-order valence-corrected chi connectivity index (χ4v) is 14.4. The minimum absolute atomic E-state index is 0.660. The first kappa shape index (κ1) is 51.1.